The van der Waals surface area contributed by atoms with Crippen LogP contribution in [0.3, 0.4) is 0 Å². The van der Waals surface area contributed by atoms with Gasteiger partial charge in [0.05, 0.1) is 16.4 Å². The number of non-ortho nitro benzene ring substituents is 1. The fourth-order valence-corrected chi connectivity index (χ4v) is 2.51. The number of rotatable bonds is 3. The molecule has 0 radical (unpaired) electrons. The van der Waals surface area contributed by atoms with Crippen LogP contribution >= 0.6 is 24.0 Å². The van der Waals surface area contributed by atoms with Gasteiger partial charge in [0.15, 0.2) is 0 Å². The third-order valence-corrected chi connectivity index (χ3v) is 3.76. The van der Waals surface area contributed by atoms with Crippen molar-refractivity contribution in [3.05, 3.63) is 38.9 Å². The number of carbonyl (C=O) groups is 1. The second-order valence-corrected chi connectivity index (χ2v) is 5.26. The summed E-state index contributed by atoms with van der Waals surface area (Å²) in [4.78, 5) is 24.2. The molecule has 1 aromatic carbocycles. The first-order valence-electron chi connectivity index (χ1n) is 6.42. The fourth-order valence-electron chi connectivity index (χ4n) is 2.27. The molecule has 1 atom stereocenters. The Balaban J connectivity index is 0.00000220. The van der Waals surface area contributed by atoms with E-state index in [1.54, 1.807) is 6.07 Å². The molecule has 0 aromatic heterocycles. The molecule has 1 N–H and O–H groups in total. The van der Waals surface area contributed by atoms with E-state index in [0.29, 0.717) is 12.1 Å². The van der Waals surface area contributed by atoms with Crippen molar-refractivity contribution in [1.82, 2.24) is 10.2 Å². The summed E-state index contributed by atoms with van der Waals surface area (Å²) in [5, 5.41) is 14.1. The zero-order valence-corrected chi connectivity index (χ0v) is 13.1. The number of nitro groups is 1. The first-order chi connectivity index (χ1) is 9.49. The molecular weight excluding hydrogens is 317 g/mol. The molecule has 1 amide bonds. The lowest BCUT2D eigenvalue weighted by Crippen LogP contribution is -2.52. The maximum Gasteiger partial charge on any atom is 0.270 e. The Kier molecular flexibility index (Phi) is 6.39. The first-order valence-corrected chi connectivity index (χ1v) is 6.80. The molecule has 1 saturated heterocycles. The van der Waals surface area contributed by atoms with Crippen molar-refractivity contribution in [2.75, 3.05) is 19.6 Å². The van der Waals surface area contributed by atoms with Crippen LogP contribution in [0.2, 0.25) is 5.02 Å². The van der Waals surface area contributed by atoms with Gasteiger partial charge in [0.1, 0.15) is 0 Å². The Morgan fingerprint density at radius 1 is 1.57 bits per heavy atom. The quantitative estimate of drug-likeness (QED) is 0.678. The van der Waals surface area contributed by atoms with Crippen LogP contribution < -0.4 is 5.32 Å². The second kappa shape index (κ2) is 7.59. The van der Waals surface area contributed by atoms with Gasteiger partial charge in [0.2, 0.25) is 5.91 Å². The van der Waals surface area contributed by atoms with Crippen molar-refractivity contribution in [2.24, 2.45) is 0 Å². The summed E-state index contributed by atoms with van der Waals surface area (Å²) in [6, 6.07) is 4.35. The Bertz CT molecular complexity index is 539. The molecule has 2 rings (SSSR count). The molecule has 0 aliphatic carbocycles. The van der Waals surface area contributed by atoms with E-state index in [-0.39, 0.29) is 41.5 Å². The molecule has 1 heterocycles. The van der Waals surface area contributed by atoms with E-state index in [9.17, 15) is 14.9 Å². The minimum absolute atomic E-state index is 0. The maximum absolute atomic E-state index is 12.3. The van der Waals surface area contributed by atoms with E-state index < -0.39 is 4.92 Å². The number of nitrogens with zero attached hydrogens (tertiary/aromatic N) is 2. The van der Waals surface area contributed by atoms with Crippen LogP contribution in [0.4, 0.5) is 5.69 Å². The number of halogens is 2. The van der Waals surface area contributed by atoms with Gasteiger partial charge in [-0.1, -0.05) is 17.7 Å². The van der Waals surface area contributed by atoms with Gasteiger partial charge in [0, 0.05) is 37.8 Å². The molecular formula is C13H17Cl2N3O3. The lowest BCUT2D eigenvalue weighted by molar-refractivity contribution is -0.384. The van der Waals surface area contributed by atoms with Crippen LogP contribution in [0.15, 0.2) is 18.2 Å². The summed E-state index contributed by atoms with van der Waals surface area (Å²) in [6.07, 6.45) is 0.168. The molecule has 21 heavy (non-hydrogen) atoms. The third-order valence-electron chi connectivity index (χ3n) is 3.41. The number of nitro benzene ring substituents is 1. The van der Waals surface area contributed by atoms with Gasteiger partial charge in [-0.25, -0.2) is 0 Å². The number of amides is 1. The summed E-state index contributed by atoms with van der Waals surface area (Å²) >= 11 is 6.01. The Hall–Kier alpha value is -1.37. The first kappa shape index (κ1) is 17.7. The standard InChI is InChI=1S/C13H16ClN3O3.ClH/c1-9-8-15-4-5-16(9)13(18)6-10-2-3-11(17(19)20)7-12(10)14;/h2-3,7,9,15H,4-6,8H2,1H3;1H/t9-;/m0./s1. The van der Waals surface area contributed by atoms with Gasteiger partial charge in [-0.15, -0.1) is 12.4 Å². The Labute approximate surface area is 134 Å². The number of piperazine rings is 1. The van der Waals surface area contributed by atoms with E-state index in [4.69, 9.17) is 11.6 Å². The summed E-state index contributed by atoms with van der Waals surface area (Å²) < 4.78 is 0. The van der Waals surface area contributed by atoms with Gasteiger partial charge in [0.25, 0.3) is 5.69 Å². The highest BCUT2D eigenvalue weighted by molar-refractivity contribution is 6.31. The summed E-state index contributed by atoms with van der Waals surface area (Å²) in [5.41, 5.74) is 0.551. The lowest BCUT2D eigenvalue weighted by Gasteiger charge is -2.34. The monoisotopic (exact) mass is 333 g/mol. The van der Waals surface area contributed by atoms with Crippen molar-refractivity contribution in [2.45, 2.75) is 19.4 Å². The van der Waals surface area contributed by atoms with Crippen molar-refractivity contribution in [1.29, 1.82) is 0 Å². The molecule has 6 nitrogen and oxygen atoms in total. The highest BCUT2D eigenvalue weighted by atomic mass is 35.5. The number of hydrogen-bond donors (Lipinski definition) is 1. The number of benzene rings is 1. The van der Waals surface area contributed by atoms with Gasteiger partial charge in [-0.2, -0.15) is 0 Å². The molecule has 0 bridgehead atoms. The van der Waals surface area contributed by atoms with Crippen LogP contribution in [0.5, 0.6) is 0 Å². The molecule has 8 heteroatoms. The third kappa shape index (κ3) is 4.30. The number of nitrogens with one attached hydrogen (secondary N) is 1. The molecule has 1 aliphatic rings. The van der Waals surface area contributed by atoms with Gasteiger partial charge >= 0.3 is 0 Å². The van der Waals surface area contributed by atoms with E-state index in [0.717, 1.165) is 13.1 Å². The molecule has 1 aromatic rings. The SMILES string of the molecule is C[C@H]1CNCCN1C(=O)Cc1ccc([N+](=O)[O-])cc1Cl.Cl. The zero-order valence-electron chi connectivity index (χ0n) is 11.5. The van der Waals surface area contributed by atoms with Crippen LogP contribution in [0.1, 0.15) is 12.5 Å². The topological polar surface area (TPSA) is 75.5 Å². The molecule has 0 saturated carbocycles. The van der Waals surface area contributed by atoms with Crippen molar-refractivity contribution in [3.63, 3.8) is 0 Å². The van der Waals surface area contributed by atoms with E-state index >= 15 is 0 Å². The average Bonchev–Trinajstić information content (AvgIpc) is 2.41. The van der Waals surface area contributed by atoms with Crippen molar-refractivity contribution >= 4 is 35.6 Å². The summed E-state index contributed by atoms with van der Waals surface area (Å²) in [7, 11) is 0. The highest BCUT2D eigenvalue weighted by Gasteiger charge is 2.23. The fraction of sp³-hybridized carbons (Fsp3) is 0.462. The van der Waals surface area contributed by atoms with Crippen LogP contribution in [0.25, 0.3) is 0 Å². The van der Waals surface area contributed by atoms with Crippen LogP contribution in [-0.2, 0) is 11.2 Å². The summed E-state index contributed by atoms with van der Waals surface area (Å²) in [6.45, 7) is 4.22. The smallest absolute Gasteiger partial charge is 0.270 e. The largest absolute Gasteiger partial charge is 0.337 e. The van der Waals surface area contributed by atoms with E-state index in [1.165, 1.54) is 12.1 Å². The normalized spacial score (nSPS) is 18.0. The molecule has 0 unspecified atom stereocenters. The molecule has 0 spiro atoms. The second-order valence-electron chi connectivity index (χ2n) is 4.85. The predicted octanol–water partition coefficient (Wildman–Crippen LogP) is 2.03. The van der Waals surface area contributed by atoms with Gasteiger partial charge in [-0.3, -0.25) is 14.9 Å². The van der Waals surface area contributed by atoms with Gasteiger partial charge < -0.3 is 10.2 Å². The summed E-state index contributed by atoms with van der Waals surface area (Å²) in [5.74, 6) is -0.00486. The number of hydrogen-bond acceptors (Lipinski definition) is 4. The van der Waals surface area contributed by atoms with Crippen molar-refractivity contribution < 1.29 is 9.72 Å². The van der Waals surface area contributed by atoms with Crippen LogP contribution in [0, 0.1) is 10.1 Å². The van der Waals surface area contributed by atoms with Gasteiger partial charge in [-0.05, 0) is 12.5 Å². The predicted molar refractivity (Wildman–Crippen MR) is 83.1 cm³/mol. The average molecular weight is 334 g/mol. The minimum Gasteiger partial charge on any atom is -0.337 e. The Morgan fingerprint density at radius 3 is 2.86 bits per heavy atom. The maximum atomic E-state index is 12.3. The van der Waals surface area contributed by atoms with E-state index in [1.807, 2.05) is 11.8 Å². The number of carbonyl (C=O) groups excluding carboxylic acids is 1. The van der Waals surface area contributed by atoms with E-state index in [2.05, 4.69) is 5.32 Å². The highest BCUT2D eigenvalue weighted by Crippen LogP contribution is 2.23. The molecule has 116 valence electrons. The van der Waals surface area contributed by atoms with Crippen molar-refractivity contribution in [3.8, 4) is 0 Å². The lowest BCUT2D eigenvalue weighted by atomic mass is 10.1. The van der Waals surface area contributed by atoms with Crippen LogP contribution in [-0.4, -0.2) is 41.4 Å². The molecule has 1 fully saturated rings. The zero-order chi connectivity index (χ0) is 14.7. The minimum atomic E-state index is -0.504. The molecule has 1 aliphatic heterocycles. The Morgan fingerprint density at radius 2 is 2.29 bits per heavy atom.